The van der Waals surface area contributed by atoms with Gasteiger partial charge in [0.1, 0.15) is 17.6 Å². The van der Waals surface area contributed by atoms with Gasteiger partial charge in [-0.2, -0.15) is 0 Å². The predicted octanol–water partition coefficient (Wildman–Crippen LogP) is 6.79. The molecule has 0 radical (unpaired) electrons. The Morgan fingerprint density at radius 2 is 1.81 bits per heavy atom. The van der Waals surface area contributed by atoms with Crippen molar-refractivity contribution in [2.45, 2.75) is 25.9 Å². The highest BCUT2D eigenvalue weighted by Gasteiger charge is 2.42. The van der Waals surface area contributed by atoms with E-state index in [4.69, 9.17) is 28.2 Å². The summed E-state index contributed by atoms with van der Waals surface area (Å²) in [5.74, 6) is 1.57. The Hall–Kier alpha value is -3.15. The zero-order valence-corrected chi connectivity index (χ0v) is 19.3. The summed E-state index contributed by atoms with van der Waals surface area (Å²) >= 11 is 12.1. The number of pyridine rings is 1. The maximum atomic E-state index is 6.40. The van der Waals surface area contributed by atoms with Gasteiger partial charge in [0.15, 0.2) is 5.11 Å². The molecule has 1 N–H and O–H groups in total. The molecule has 5 rings (SSSR count). The molecule has 6 heteroatoms. The van der Waals surface area contributed by atoms with Gasteiger partial charge in [-0.3, -0.25) is 4.98 Å². The molecule has 3 heterocycles. The van der Waals surface area contributed by atoms with Gasteiger partial charge in [0.05, 0.1) is 11.7 Å². The fourth-order valence-electron chi connectivity index (χ4n) is 4.04. The summed E-state index contributed by atoms with van der Waals surface area (Å²) in [7, 11) is 0. The van der Waals surface area contributed by atoms with Crippen molar-refractivity contribution in [1.82, 2.24) is 10.3 Å². The standard InChI is InChI=1S/C26H22ClN3OS/c1-16-6-10-19(11-7-16)30-25(24(29-26(30)32)21-5-3-4-14-28-21)23-13-12-22(31-23)18-9-8-17(2)20(27)15-18/h3-15,24-25H,1-2H3,(H,29,32)/t24-,25+/m0/s1. The van der Waals surface area contributed by atoms with Gasteiger partial charge in [-0.25, -0.2) is 0 Å². The second-order valence-corrected chi connectivity index (χ2v) is 8.79. The summed E-state index contributed by atoms with van der Waals surface area (Å²) in [5.41, 5.74) is 5.09. The molecular formula is C26H22ClN3OS. The highest BCUT2D eigenvalue weighted by molar-refractivity contribution is 7.80. The Kier molecular flexibility index (Phi) is 5.45. The number of aromatic nitrogens is 1. The molecule has 1 aliphatic heterocycles. The van der Waals surface area contributed by atoms with Crippen molar-refractivity contribution in [3.05, 3.63) is 107 Å². The van der Waals surface area contributed by atoms with Gasteiger partial charge in [0.25, 0.3) is 0 Å². The first-order valence-electron chi connectivity index (χ1n) is 10.4. The van der Waals surface area contributed by atoms with Crippen LogP contribution in [0.15, 0.2) is 83.4 Å². The molecule has 1 aliphatic rings. The second kappa shape index (κ2) is 8.41. The zero-order chi connectivity index (χ0) is 22.2. The van der Waals surface area contributed by atoms with Gasteiger partial charge in [-0.1, -0.05) is 47.5 Å². The van der Waals surface area contributed by atoms with Crippen molar-refractivity contribution in [3.63, 3.8) is 0 Å². The molecule has 32 heavy (non-hydrogen) atoms. The molecule has 4 nitrogen and oxygen atoms in total. The lowest BCUT2D eigenvalue weighted by atomic mass is 10.0. The molecule has 0 spiro atoms. The molecule has 2 aromatic heterocycles. The fraction of sp³-hybridized carbons (Fsp3) is 0.154. The molecule has 0 saturated carbocycles. The average molecular weight is 460 g/mol. The van der Waals surface area contributed by atoms with Crippen LogP contribution in [0.25, 0.3) is 11.3 Å². The Balaban J connectivity index is 1.59. The molecule has 0 aliphatic carbocycles. The van der Waals surface area contributed by atoms with Gasteiger partial charge in [-0.15, -0.1) is 0 Å². The van der Waals surface area contributed by atoms with E-state index in [1.54, 1.807) is 6.20 Å². The fourth-order valence-corrected chi connectivity index (χ4v) is 4.57. The molecular weight excluding hydrogens is 438 g/mol. The number of aryl methyl sites for hydroxylation is 2. The lowest BCUT2D eigenvalue weighted by Crippen LogP contribution is -2.29. The van der Waals surface area contributed by atoms with Gasteiger partial charge in [-0.05, 0) is 74.1 Å². The molecule has 0 unspecified atom stereocenters. The van der Waals surface area contributed by atoms with E-state index in [1.807, 2.05) is 55.5 Å². The van der Waals surface area contributed by atoms with Crippen LogP contribution in [0, 0.1) is 13.8 Å². The summed E-state index contributed by atoms with van der Waals surface area (Å²) in [6, 6.07) is 23.9. The lowest BCUT2D eigenvalue weighted by molar-refractivity contribution is 0.439. The maximum absolute atomic E-state index is 6.40. The smallest absolute Gasteiger partial charge is 0.174 e. The Morgan fingerprint density at radius 3 is 2.53 bits per heavy atom. The number of benzene rings is 2. The summed E-state index contributed by atoms with van der Waals surface area (Å²) in [4.78, 5) is 6.70. The minimum Gasteiger partial charge on any atom is -0.459 e. The SMILES string of the molecule is Cc1ccc(N2C(=S)N[C@@H](c3ccccn3)[C@H]2c2ccc(-c3ccc(C)c(Cl)c3)o2)cc1. The topological polar surface area (TPSA) is 41.3 Å². The lowest BCUT2D eigenvalue weighted by Gasteiger charge is -2.26. The van der Waals surface area contributed by atoms with E-state index in [2.05, 4.69) is 46.4 Å². The first kappa shape index (κ1) is 20.7. The Morgan fingerprint density at radius 1 is 1.00 bits per heavy atom. The number of nitrogens with zero attached hydrogens (tertiary/aromatic N) is 2. The summed E-state index contributed by atoms with van der Waals surface area (Å²) < 4.78 is 6.40. The number of anilines is 1. The monoisotopic (exact) mass is 459 g/mol. The van der Waals surface area contributed by atoms with Crippen LogP contribution < -0.4 is 10.2 Å². The third-order valence-electron chi connectivity index (χ3n) is 5.78. The summed E-state index contributed by atoms with van der Waals surface area (Å²) in [5, 5.41) is 4.82. The van der Waals surface area contributed by atoms with Crippen LogP contribution in [0.1, 0.15) is 34.7 Å². The van der Waals surface area contributed by atoms with E-state index in [0.29, 0.717) is 5.11 Å². The van der Waals surface area contributed by atoms with Crippen molar-refractivity contribution in [3.8, 4) is 11.3 Å². The van der Waals surface area contributed by atoms with Crippen molar-refractivity contribution >= 4 is 34.6 Å². The first-order chi connectivity index (χ1) is 15.5. The maximum Gasteiger partial charge on any atom is 0.174 e. The van der Waals surface area contributed by atoms with E-state index < -0.39 is 0 Å². The average Bonchev–Trinajstić information content (AvgIpc) is 3.41. The van der Waals surface area contributed by atoms with Gasteiger partial charge < -0.3 is 14.6 Å². The van der Waals surface area contributed by atoms with Crippen molar-refractivity contribution < 1.29 is 4.42 Å². The molecule has 0 bridgehead atoms. The summed E-state index contributed by atoms with van der Waals surface area (Å²) in [6.45, 7) is 4.06. The van der Waals surface area contributed by atoms with Crippen molar-refractivity contribution in [1.29, 1.82) is 0 Å². The normalized spacial score (nSPS) is 18.1. The summed E-state index contributed by atoms with van der Waals surface area (Å²) in [6.07, 6.45) is 1.80. The van der Waals surface area contributed by atoms with E-state index >= 15 is 0 Å². The van der Waals surface area contributed by atoms with E-state index in [0.717, 1.165) is 39.1 Å². The highest BCUT2D eigenvalue weighted by Crippen LogP contribution is 2.43. The van der Waals surface area contributed by atoms with Gasteiger partial charge in [0, 0.05) is 22.5 Å². The molecule has 4 aromatic rings. The number of hydrogen-bond donors (Lipinski definition) is 1. The van der Waals surface area contributed by atoms with Crippen molar-refractivity contribution in [2.24, 2.45) is 0 Å². The van der Waals surface area contributed by atoms with Crippen LogP contribution in [0.3, 0.4) is 0 Å². The van der Waals surface area contributed by atoms with Gasteiger partial charge >= 0.3 is 0 Å². The molecule has 160 valence electrons. The number of halogens is 1. The third-order valence-corrected chi connectivity index (χ3v) is 6.51. The highest BCUT2D eigenvalue weighted by atomic mass is 35.5. The van der Waals surface area contributed by atoms with Gasteiger partial charge in [0.2, 0.25) is 0 Å². The largest absolute Gasteiger partial charge is 0.459 e. The molecule has 1 fully saturated rings. The Bertz CT molecular complexity index is 1270. The third kappa shape index (κ3) is 3.78. The minimum absolute atomic E-state index is 0.148. The molecule has 2 aromatic carbocycles. The molecule has 2 atom stereocenters. The van der Waals surface area contributed by atoms with Crippen LogP contribution in [0.5, 0.6) is 0 Å². The minimum atomic E-state index is -0.185. The molecule has 0 amide bonds. The Labute approximate surface area is 197 Å². The van der Waals surface area contributed by atoms with Crippen LogP contribution in [0.2, 0.25) is 5.02 Å². The number of thiocarbonyl (C=S) groups is 1. The predicted molar refractivity (Wildman–Crippen MR) is 133 cm³/mol. The van der Waals surface area contributed by atoms with Crippen LogP contribution in [0.4, 0.5) is 5.69 Å². The first-order valence-corrected chi connectivity index (χ1v) is 11.2. The van der Waals surface area contributed by atoms with E-state index in [9.17, 15) is 0 Å². The quantitative estimate of drug-likeness (QED) is 0.340. The van der Waals surface area contributed by atoms with E-state index in [-0.39, 0.29) is 12.1 Å². The number of hydrogen-bond acceptors (Lipinski definition) is 3. The van der Waals surface area contributed by atoms with E-state index in [1.165, 1.54) is 5.56 Å². The molecule has 1 saturated heterocycles. The second-order valence-electron chi connectivity index (χ2n) is 8.00. The van der Waals surface area contributed by atoms with Crippen LogP contribution >= 0.6 is 23.8 Å². The zero-order valence-electron chi connectivity index (χ0n) is 17.7. The van der Waals surface area contributed by atoms with Crippen LogP contribution in [-0.2, 0) is 0 Å². The number of rotatable bonds is 4. The van der Waals surface area contributed by atoms with Crippen LogP contribution in [-0.4, -0.2) is 10.1 Å². The van der Waals surface area contributed by atoms with Crippen molar-refractivity contribution in [2.75, 3.05) is 4.90 Å². The number of furan rings is 1. The number of nitrogens with one attached hydrogen (secondary N) is 1.